The average Bonchev–Trinajstić information content (AvgIpc) is 3.16. The summed E-state index contributed by atoms with van der Waals surface area (Å²) in [6, 6.07) is 13.7. The molecule has 2 aromatic carbocycles. The van der Waals surface area contributed by atoms with Crippen LogP contribution in [0.25, 0.3) is 10.9 Å². The zero-order valence-electron chi connectivity index (χ0n) is 16.5. The molecule has 2 heterocycles. The molecular formula is C23H23ClFN3O2. The van der Waals surface area contributed by atoms with Crippen molar-refractivity contribution in [3.05, 3.63) is 70.6 Å². The molecule has 5 nitrogen and oxygen atoms in total. The first-order valence-corrected chi connectivity index (χ1v) is 10.4. The van der Waals surface area contributed by atoms with Gasteiger partial charge in [0.05, 0.1) is 0 Å². The van der Waals surface area contributed by atoms with E-state index in [1.54, 1.807) is 24.3 Å². The summed E-state index contributed by atoms with van der Waals surface area (Å²) in [5.74, 6) is -0.222. The molecule has 1 aromatic heterocycles. The molecule has 0 radical (unpaired) electrons. The zero-order valence-corrected chi connectivity index (χ0v) is 17.2. The van der Waals surface area contributed by atoms with Gasteiger partial charge in [0.15, 0.2) is 0 Å². The topological polar surface area (TPSA) is 65.2 Å². The SMILES string of the molecule is O=C(CC1CCN(C(=O)c2cc3cc(Cl)ccc3[nH]2)CC1)NCc1ccccc1F. The first-order chi connectivity index (χ1) is 14.5. The Bertz CT molecular complexity index is 1070. The summed E-state index contributed by atoms with van der Waals surface area (Å²) in [5.41, 5.74) is 1.91. The molecule has 156 valence electrons. The van der Waals surface area contributed by atoms with Gasteiger partial charge in [-0.05, 0) is 49.1 Å². The number of H-pyrrole nitrogens is 1. The number of carbonyl (C=O) groups is 2. The Morgan fingerprint density at radius 1 is 1.13 bits per heavy atom. The van der Waals surface area contributed by atoms with Crippen LogP contribution in [0, 0.1) is 11.7 Å². The first kappa shape index (κ1) is 20.4. The molecule has 30 heavy (non-hydrogen) atoms. The van der Waals surface area contributed by atoms with E-state index in [9.17, 15) is 14.0 Å². The molecule has 1 fully saturated rings. The molecule has 0 aliphatic carbocycles. The highest BCUT2D eigenvalue weighted by Gasteiger charge is 2.26. The van der Waals surface area contributed by atoms with Crippen molar-refractivity contribution in [3.63, 3.8) is 0 Å². The number of likely N-dealkylation sites (tertiary alicyclic amines) is 1. The first-order valence-electron chi connectivity index (χ1n) is 10.1. The number of halogens is 2. The minimum Gasteiger partial charge on any atom is -0.352 e. The highest BCUT2D eigenvalue weighted by Crippen LogP contribution is 2.24. The summed E-state index contributed by atoms with van der Waals surface area (Å²) >= 11 is 6.02. The van der Waals surface area contributed by atoms with E-state index in [2.05, 4.69) is 10.3 Å². The lowest BCUT2D eigenvalue weighted by molar-refractivity contribution is -0.122. The van der Waals surface area contributed by atoms with E-state index in [0.717, 1.165) is 23.7 Å². The monoisotopic (exact) mass is 427 g/mol. The lowest BCUT2D eigenvalue weighted by Crippen LogP contribution is -2.39. The Labute approximate surface area is 179 Å². The predicted molar refractivity (Wildman–Crippen MR) is 115 cm³/mol. The van der Waals surface area contributed by atoms with Crippen LogP contribution >= 0.6 is 11.6 Å². The average molecular weight is 428 g/mol. The minimum atomic E-state index is -0.316. The summed E-state index contributed by atoms with van der Waals surface area (Å²) in [7, 11) is 0. The minimum absolute atomic E-state index is 0.0372. The maximum absolute atomic E-state index is 13.6. The van der Waals surface area contributed by atoms with Crippen molar-refractivity contribution in [3.8, 4) is 0 Å². The van der Waals surface area contributed by atoms with Crippen molar-refractivity contribution in [1.82, 2.24) is 15.2 Å². The molecular weight excluding hydrogens is 405 g/mol. The molecule has 0 atom stereocenters. The fourth-order valence-electron chi connectivity index (χ4n) is 3.90. The number of carbonyl (C=O) groups excluding carboxylic acids is 2. The molecule has 2 N–H and O–H groups in total. The molecule has 0 spiro atoms. The smallest absolute Gasteiger partial charge is 0.270 e. The van der Waals surface area contributed by atoms with Gasteiger partial charge in [0.2, 0.25) is 5.91 Å². The summed E-state index contributed by atoms with van der Waals surface area (Å²) in [5, 5.41) is 4.33. The van der Waals surface area contributed by atoms with Gasteiger partial charge in [-0.1, -0.05) is 29.8 Å². The second-order valence-electron chi connectivity index (χ2n) is 7.72. The Kier molecular flexibility index (Phi) is 6.04. The number of hydrogen-bond donors (Lipinski definition) is 2. The largest absolute Gasteiger partial charge is 0.352 e. The summed E-state index contributed by atoms with van der Waals surface area (Å²) < 4.78 is 13.6. The van der Waals surface area contributed by atoms with Crippen LogP contribution in [0.2, 0.25) is 5.02 Å². The highest BCUT2D eigenvalue weighted by atomic mass is 35.5. The molecule has 0 bridgehead atoms. The molecule has 0 unspecified atom stereocenters. The highest BCUT2D eigenvalue weighted by molar-refractivity contribution is 6.31. The number of nitrogens with zero attached hydrogens (tertiary/aromatic N) is 1. The number of rotatable bonds is 5. The third-order valence-corrected chi connectivity index (χ3v) is 5.86. The fourth-order valence-corrected chi connectivity index (χ4v) is 4.08. The van der Waals surface area contributed by atoms with Crippen LogP contribution in [-0.4, -0.2) is 34.8 Å². The predicted octanol–water partition coefficient (Wildman–Crippen LogP) is 4.52. The van der Waals surface area contributed by atoms with Crippen molar-refractivity contribution in [2.75, 3.05) is 13.1 Å². The van der Waals surface area contributed by atoms with E-state index in [1.165, 1.54) is 6.07 Å². The van der Waals surface area contributed by atoms with E-state index in [4.69, 9.17) is 11.6 Å². The lowest BCUT2D eigenvalue weighted by Gasteiger charge is -2.31. The Morgan fingerprint density at radius 2 is 1.90 bits per heavy atom. The van der Waals surface area contributed by atoms with Crippen molar-refractivity contribution in [2.24, 2.45) is 5.92 Å². The van der Waals surface area contributed by atoms with Gasteiger partial charge in [-0.25, -0.2) is 4.39 Å². The molecule has 1 saturated heterocycles. The van der Waals surface area contributed by atoms with Crippen LogP contribution < -0.4 is 5.32 Å². The maximum Gasteiger partial charge on any atom is 0.270 e. The van der Waals surface area contributed by atoms with Crippen molar-refractivity contribution in [2.45, 2.75) is 25.8 Å². The van der Waals surface area contributed by atoms with Crippen molar-refractivity contribution < 1.29 is 14.0 Å². The quantitative estimate of drug-likeness (QED) is 0.628. The van der Waals surface area contributed by atoms with Gasteiger partial charge in [0, 0.05) is 47.5 Å². The van der Waals surface area contributed by atoms with E-state index < -0.39 is 0 Å². The van der Waals surface area contributed by atoms with E-state index in [0.29, 0.717) is 35.8 Å². The normalized spacial score (nSPS) is 14.8. The molecule has 7 heteroatoms. The second kappa shape index (κ2) is 8.88. The third-order valence-electron chi connectivity index (χ3n) is 5.62. The van der Waals surface area contributed by atoms with Gasteiger partial charge in [-0.15, -0.1) is 0 Å². The Balaban J connectivity index is 1.27. The number of fused-ring (bicyclic) bond motifs is 1. The van der Waals surface area contributed by atoms with Gasteiger partial charge >= 0.3 is 0 Å². The van der Waals surface area contributed by atoms with Gasteiger partial charge in [0.25, 0.3) is 5.91 Å². The molecule has 0 saturated carbocycles. The van der Waals surface area contributed by atoms with Gasteiger partial charge < -0.3 is 15.2 Å². The summed E-state index contributed by atoms with van der Waals surface area (Å²) in [6.45, 7) is 1.41. The van der Waals surface area contributed by atoms with Gasteiger partial charge in [0.1, 0.15) is 11.5 Å². The van der Waals surface area contributed by atoms with E-state index >= 15 is 0 Å². The fraction of sp³-hybridized carbons (Fsp3) is 0.304. The van der Waals surface area contributed by atoms with Crippen LogP contribution in [0.5, 0.6) is 0 Å². The molecule has 4 rings (SSSR count). The summed E-state index contributed by atoms with van der Waals surface area (Å²) in [6.07, 6.45) is 1.93. The van der Waals surface area contributed by atoms with E-state index in [-0.39, 0.29) is 30.1 Å². The number of hydrogen-bond acceptors (Lipinski definition) is 2. The second-order valence-corrected chi connectivity index (χ2v) is 8.16. The van der Waals surface area contributed by atoms with Gasteiger partial charge in [-0.2, -0.15) is 0 Å². The Hall–Kier alpha value is -2.86. The van der Waals surface area contributed by atoms with Crippen LogP contribution in [0.4, 0.5) is 4.39 Å². The number of benzene rings is 2. The number of aromatic nitrogens is 1. The van der Waals surface area contributed by atoms with Crippen LogP contribution in [0.1, 0.15) is 35.3 Å². The number of amides is 2. The van der Waals surface area contributed by atoms with Crippen molar-refractivity contribution >= 4 is 34.3 Å². The van der Waals surface area contributed by atoms with E-state index in [1.807, 2.05) is 23.1 Å². The Morgan fingerprint density at radius 3 is 2.67 bits per heavy atom. The lowest BCUT2D eigenvalue weighted by atomic mass is 9.93. The van der Waals surface area contributed by atoms with Crippen LogP contribution in [-0.2, 0) is 11.3 Å². The summed E-state index contributed by atoms with van der Waals surface area (Å²) in [4.78, 5) is 30.0. The number of aromatic amines is 1. The number of nitrogens with one attached hydrogen (secondary N) is 2. The molecule has 1 aliphatic rings. The molecule has 3 aromatic rings. The molecule has 2 amide bonds. The standard InChI is InChI=1S/C23H23ClFN3O2/c24-18-5-6-20-17(12-18)13-21(27-20)23(30)28-9-7-15(8-10-28)11-22(29)26-14-16-3-1-2-4-19(16)25/h1-6,12-13,15,27H,7-11,14H2,(H,26,29). The van der Waals surface area contributed by atoms with Crippen LogP contribution in [0.3, 0.4) is 0 Å². The van der Waals surface area contributed by atoms with Crippen LogP contribution in [0.15, 0.2) is 48.5 Å². The van der Waals surface area contributed by atoms with Gasteiger partial charge in [-0.3, -0.25) is 9.59 Å². The zero-order chi connectivity index (χ0) is 21.1. The third kappa shape index (κ3) is 4.65. The van der Waals surface area contributed by atoms with Crippen molar-refractivity contribution in [1.29, 1.82) is 0 Å². The molecule has 1 aliphatic heterocycles. The number of piperidine rings is 1. The maximum atomic E-state index is 13.6.